The number of hydrogen-bond acceptors (Lipinski definition) is 3. The number of aliphatic hydroxyl groups excluding tert-OH is 1. The number of hydrogen-bond donors (Lipinski definition) is 1. The SMILES string of the molecule is C=C(C)c1ccc(OC)cc1C(O)c1ccoc1. The van der Waals surface area contributed by atoms with Gasteiger partial charge in [-0.25, -0.2) is 0 Å². The fourth-order valence-electron chi connectivity index (χ4n) is 1.89. The number of furan rings is 1. The van der Waals surface area contributed by atoms with Gasteiger partial charge in [0.15, 0.2) is 0 Å². The minimum absolute atomic E-state index is 0.706. The maximum Gasteiger partial charge on any atom is 0.119 e. The van der Waals surface area contributed by atoms with E-state index in [1.807, 2.05) is 25.1 Å². The zero-order chi connectivity index (χ0) is 13.1. The molecule has 1 N–H and O–H groups in total. The normalized spacial score (nSPS) is 12.2. The van der Waals surface area contributed by atoms with Crippen molar-refractivity contribution >= 4 is 5.57 Å². The standard InChI is InChI=1S/C15H16O3/c1-10(2)13-5-4-12(17-3)8-14(13)15(16)11-6-7-18-9-11/h4-9,15-16H,1H2,2-3H3. The first-order chi connectivity index (χ1) is 8.63. The van der Waals surface area contributed by atoms with Crippen molar-refractivity contribution in [3.8, 4) is 5.75 Å². The molecule has 1 heterocycles. The highest BCUT2D eigenvalue weighted by molar-refractivity contribution is 5.66. The van der Waals surface area contributed by atoms with Crippen molar-refractivity contribution < 1.29 is 14.3 Å². The number of aliphatic hydroxyl groups is 1. The largest absolute Gasteiger partial charge is 0.497 e. The lowest BCUT2D eigenvalue weighted by Gasteiger charge is -2.15. The highest BCUT2D eigenvalue weighted by Gasteiger charge is 2.17. The molecule has 1 aromatic carbocycles. The topological polar surface area (TPSA) is 42.6 Å². The van der Waals surface area contributed by atoms with Crippen molar-refractivity contribution in [2.75, 3.05) is 7.11 Å². The van der Waals surface area contributed by atoms with Crippen molar-refractivity contribution in [1.29, 1.82) is 0 Å². The van der Waals surface area contributed by atoms with E-state index in [-0.39, 0.29) is 0 Å². The van der Waals surface area contributed by atoms with Gasteiger partial charge < -0.3 is 14.3 Å². The second-order valence-corrected chi connectivity index (χ2v) is 4.19. The summed E-state index contributed by atoms with van der Waals surface area (Å²) in [6.45, 7) is 5.84. The van der Waals surface area contributed by atoms with Crippen LogP contribution >= 0.6 is 0 Å². The first-order valence-corrected chi connectivity index (χ1v) is 5.67. The van der Waals surface area contributed by atoms with Crippen LogP contribution in [-0.2, 0) is 0 Å². The van der Waals surface area contributed by atoms with Gasteiger partial charge >= 0.3 is 0 Å². The van der Waals surface area contributed by atoms with Gasteiger partial charge in [-0.05, 0) is 36.2 Å². The van der Waals surface area contributed by atoms with Crippen LogP contribution in [0.1, 0.15) is 29.7 Å². The smallest absolute Gasteiger partial charge is 0.119 e. The summed E-state index contributed by atoms with van der Waals surface area (Å²) < 4.78 is 10.2. The molecule has 3 heteroatoms. The molecule has 0 radical (unpaired) electrons. The lowest BCUT2D eigenvalue weighted by Crippen LogP contribution is -2.02. The molecular formula is C15H16O3. The number of benzene rings is 1. The minimum Gasteiger partial charge on any atom is -0.497 e. The molecule has 1 unspecified atom stereocenters. The number of allylic oxidation sites excluding steroid dienone is 1. The van der Waals surface area contributed by atoms with Gasteiger partial charge in [-0.2, -0.15) is 0 Å². The van der Waals surface area contributed by atoms with E-state index in [9.17, 15) is 5.11 Å². The Balaban J connectivity index is 2.49. The molecule has 0 aliphatic rings. The van der Waals surface area contributed by atoms with Crippen molar-refractivity contribution in [1.82, 2.24) is 0 Å². The van der Waals surface area contributed by atoms with Gasteiger partial charge in [0.05, 0.1) is 19.6 Å². The Morgan fingerprint density at radius 2 is 2.17 bits per heavy atom. The molecule has 0 spiro atoms. The molecule has 94 valence electrons. The molecule has 2 rings (SSSR count). The van der Waals surface area contributed by atoms with Crippen LogP contribution in [0.4, 0.5) is 0 Å². The van der Waals surface area contributed by atoms with Crippen LogP contribution in [0.5, 0.6) is 5.75 Å². The summed E-state index contributed by atoms with van der Waals surface area (Å²) in [6.07, 6.45) is 2.33. The van der Waals surface area contributed by atoms with Crippen molar-refractivity contribution in [3.05, 3.63) is 60.1 Å². The Morgan fingerprint density at radius 3 is 2.72 bits per heavy atom. The van der Waals surface area contributed by atoms with Gasteiger partial charge in [0, 0.05) is 5.56 Å². The lowest BCUT2D eigenvalue weighted by molar-refractivity contribution is 0.218. The Bertz CT molecular complexity index is 541. The van der Waals surface area contributed by atoms with Crippen LogP contribution in [0, 0.1) is 0 Å². The van der Waals surface area contributed by atoms with Crippen LogP contribution in [0.25, 0.3) is 5.57 Å². The fraction of sp³-hybridized carbons (Fsp3) is 0.200. The second-order valence-electron chi connectivity index (χ2n) is 4.19. The Labute approximate surface area is 106 Å². The molecule has 1 atom stereocenters. The van der Waals surface area contributed by atoms with Gasteiger partial charge in [0.2, 0.25) is 0 Å². The average molecular weight is 244 g/mol. The maximum atomic E-state index is 10.4. The maximum absolute atomic E-state index is 10.4. The molecule has 0 bridgehead atoms. The highest BCUT2D eigenvalue weighted by atomic mass is 16.5. The highest BCUT2D eigenvalue weighted by Crippen LogP contribution is 2.31. The molecule has 0 fully saturated rings. The van der Waals surface area contributed by atoms with E-state index in [0.29, 0.717) is 11.3 Å². The van der Waals surface area contributed by atoms with E-state index in [2.05, 4.69) is 6.58 Å². The fourth-order valence-corrected chi connectivity index (χ4v) is 1.89. The van der Waals surface area contributed by atoms with Crippen molar-refractivity contribution in [2.24, 2.45) is 0 Å². The van der Waals surface area contributed by atoms with E-state index < -0.39 is 6.10 Å². The van der Waals surface area contributed by atoms with Gasteiger partial charge in [-0.3, -0.25) is 0 Å². The number of methoxy groups -OCH3 is 1. The molecule has 0 saturated carbocycles. The van der Waals surface area contributed by atoms with Crippen LogP contribution in [0.15, 0.2) is 47.8 Å². The molecule has 0 aliphatic heterocycles. The second kappa shape index (κ2) is 5.10. The van der Waals surface area contributed by atoms with Crippen molar-refractivity contribution in [3.63, 3.8) is 0 Å². The summed E-state index contributed by atoms with van der Waals surface area (Å²) in [7, 11) is 1.60. The summed E-state index contributed by atoms with van der Waals surface area (Å²) in [5.41, 5.74) is 3.30. The summed E-state index contributed by atoms with van der Waals surface area (Å²) in [6, 6.07) is 7.32. The van der Waals surface area contributed by atoms with E-state index in [4.69, 9.17) is 9.15 Å². The van der Waals surface area contributed by atoms with Crippen LogP contribution in [0.2, 0.25) is 0 Å². The zero-order valence-electron chi connectivity index (χ0n) is 10.5. The van der Waals surface area contributed by atoms with Gasteiger partial charge in [0.1, 0.15) is 11.9 Å². The minimum atomic E-state index is -0.745. The summed E-state index contributed by atoms with van der Waals surface area (Å²) in [4.78, 5) is 0. The van der Waals surface area contributed by atoms with Gasteiger partial charge in [-0.15, -0.1) is 0 Å². The Hall–Kier alpha value is -2.00. The van der Waals surface area contributed by atoms with Gasteiger partial charge in [-0.1, -0.05) is 18.2 Å². The summed E-state index contributed by atoms with van der Waals surface area (Å²) in [5, 5.41) is 10.4. The average Bonchev–Trinajstić information content (AvgIpc) is 2.90. The molecule has 0 saturated heterocycles. The Kier molecular flexibility index (Phi) is 3.53. The molecular weight excluding hydrogens is 228 g/mol. The third-order valence-corrected chi connectivity index (χ3v) is 2.87. The molecule has 18 heavy (non-hydrogen) atoms. The first kappa shape index (κ1) is 12.5. The van der Waals surface area contributed by atoms with E-state index in [1.165, 1.54) is 6.26 Å². The lowest BCUT2D eigenvalue weighted by atomic mass is 9.95. The molecule has 0 amide bonds. The molecule has 0 aliphatic carbocycles. The third kappa shape index (κ3) is 2.31. The molecule has 2 aromatic rings. The quantitative estimate of drug-likeness (QED) is 0.896. The zero-order valence-corrected chi connectivity index (χ0v) is 10.5. The van der Waals surface area contributed by atoms with Crippen LogP contribution in [0.3, 0.4) is 0 Å². The third-order valence-electron chi connectivity index (χ3n) is 2.87. The molecule has 1 aromatic heterocycles. The van der Waals surface area contributed by atoms with Gasteiger partial charge in [0.25, 0.3) is 0 Å². The van der Waals surface area contributed by atoms with Crippen LogP contribution in [-0.4, -0.2) is 12.2 Å². The molecule has 3 nitrogen and oxygen atoms in total. The first-order valence-electron chi connectivity index (χ1n) is 5.67. The van der Waals surface area contributed by atoms with Crippen LogP contribution < -0.4 is 4.74 Å². The number of rotatable bonds is 4. The Morgan fingerprint density at radius 1 is 1.39 bits per heavy atom. The predicted octanol–water partition coefficient (Wildman–Crippen LogP) is 3.40. The van der Waals surface area contributed by atoms with Crippen molar-refractivity contribution in [2.45, 2.75) is 13.0 Å². The predicted molar refractivity (Wildman–Crippen MR) is 70.5 cm³/mol. The summed E-state index contributed by atoms with van der Waals surface area (Å²) >= 11 is 0. The van der Waals surface area contributed by atoms with E-state index >= 15 is 0 Å². The monoisotopic (exact) mass is 244 g/mol. The summed E-state index contributed by atoms with van der Waals surface area (Å²) in [5.74, 6) is 0.706. The van der Waals surface area contributed by atoms with E-state index in [1.54, 1.807) is 19.4 Å². The number of ether oxygens (including phenoxy) is 1. The van der Waals surface area contributed by atoms with E-state index in [0.717, 1.165) is 16.7 Å².